The molecule has 6 nitrogen and oxygen atoms in total. The van der Waals surface area contributed by atoms with Crippen LogP contribution in [-0.4, -0.2) is 38.3 Å². The number of nitrogens with zero attached hydrogens (tertiary/aromatic N) is 1. The Labute approximate surface area is 170 Å². The van der Waals surface area contributed by atoms with Gasteiger partial charge in [0.1, 0.15) is 0 Å². The number of carbonyl (C=O) groups excluding carboxylic acids is 1. The van der Waals surface area contributed by atoms with Crippen molar-refractivity contribution in [2.45, 2.75) is 30.6 Å². The Morgan fingerprint density at radius 2 is 1.64 bits per heavy atom. The number of anilines is 2. The first-order chi connectivity index (χ1) is 13.5. The largest absolute Gasteiger partial charge is 0.325 e. The van der Waals surface area contributed by atoms with Crippen LogP contribution in [0.15, 0.2) is 53.4 Å². The summed E-state index contributed by atoms with van der Waals surface area (Å²) < 4.78 is 28.1. The fourth-order valence-corrected chi connectivity index (χ4v) is 4.32. The maximum Gasteiger partial charge on any atom is 0.321 e. The van der Waals surface area contributed by atoms with Crippen molar-refractivity contribution in [2.24, 2.45) is 0 Å². The second-order valence-corrected chi connectivity index (χ2v) is 8.77. The van der Waals surface area contributed by atoms with Gasteiger partial charge in [0.15, 0.2) is 0 Å². The first kappa shape index (κ1) is 20.5. The number of amides is 2. The summed E-state index contributed by atoms with van der Waals surface area (Å²) in [5.74, 6) is 0.571. The normalized spacial score (nSPS) is 14.1. The van der Waals surface area contributed by atoms with E-state index in [0.29, 0.717) is 17.3 Å². The molecule has 3 rings (SSSR count). The van der Waals surface area contributed by atoms with Crippen molar-refractivity contribution in [1.29, 1.82) is 0 Å². The summed E-state index contributed by atoms with van der Waals surface area (Å²) in [6, 6.07) is 13.3. The molecule has 1 aliphatic rings. The molecule has 2 N–H and O–H groups in total. The number of hydrogen-bond acceptors (Lipinski definition) is 3. The molecule has 1 aliphatic heterocycles. The number of benzene rings is 2. The van der Waals surface area contributed by atoms with Crippen LogP contribution in [0.2, 0.25) is 0 Å². The zero-order valence-electron chi connectivity index (χ0n) is 15.5. The quantitative estimate of drug-likeness (QED) is 0.654. The van der Waals surface area contributed by atoms with E-state index in [9.17, 15) is 13.2 Å². The molecule has 0 atom stereocenters. The monoisotopic (exact) mass is 421 g/mol. The molecule has 1 heterocycles. The van der Waals surface area contributed by atoms with Gasteiger partial charge < -0.3 is 10.2 Å². The fourth-order valence-electron chi connectivity index (χ4n) is 3.11. The molecule has 0 saturated carbocycles. The van der Waals surface area contributed by atoms with Crippen molar-refractivity contribution >= 4 is 39.0 Å². The van der Waals surface area contributed by atoms with Crippen LogP contribution in [0.3, 0.4) is 0 Å². The van der Waals surface area contributed by atoms with Crippen LogP contribution in [0.4, 0.5) is 16.2 Å². The van der Waals surface area contributed by atoms with E-state index in [1.54, 1.807) is 53.4 Å². The number of nitrogens with one attached hydrogen (secondary N) is 2. The van der Waals surface area contributed by atoms with Gasteiger partial charge >= 0.3 is 6.03 Å². The number of rotatable bonds is 7. The minimum absolute atomic E-state index is 0.169. The van der Waals surface area contributed by atoms with Crippen molar-refractivity contribution in [3.05, 3.63) is 54.1 Å². The lowest BCUT2D eigenvalue weighted by atomic mass is 10.1. The van der Waals surface area contributed by atoms with Crippen LogP contribution in [0.5, 0.6) is 0 Å². The zero-order valence-corrected chi connectivity index (χ0v) is 17.1. The molecule has 0 unspecified atom stereocenters. The van der Waals surface area contributed by atoms with E-state index in [1.807, 2.05) is 0 Å². The molecule has 2 aromatic carbocycles. The van der Waals surface area contributed by atoms with Crippen molar-refractivity contribution in [3.8, 4) is 0 Å². The maximum atomic E-state index is 12.8. The molecule has 8 heteroatoms. The van der Waals surface area contributed by atoms with Gasteiger partial charge in [0.25, 0.3) is 10.0 Å². The molecular formula is C20H24ClN3O3S. The van der Waals surface area contributed by atoms with Crippen molar-refractivity contribution in [1.82, 2.24) is 4.90 Å². The minimum atomic E-state index is -3.77. The summed E-state index contributed by atoms with van der Waals surface area (Å²) in [7, 11) is -3.77. The highest BCUT2D eigenvalue weighted by molar-refractivity contribution is 7.92. The third-order valence-electron chi connectivity index (χ3n) is 4.64. The molecule has 2 amide bonds. The van der Waals surface area contributed by atoms with Crippen LogP contribution in [0.25, 0.3) is 0 Å². The average Bonchev–Trinajstić information content (AvgIpc) is 3.23. The molecule has 0 bridgehead atoms. The predicted octanol–water partition coefficient (Wildman–Crippen LogP) is 4.29. The number of aryl methyl sites for hydroxylation is 1. The summed E-state index contributed by atoms with van der Waals surface area (Å²) in [6.07, 6.45) is 3.63. The third kappa shape index (κ3) is 5.17. The number of para-hydroxylation sites is 2. The van der Waals surface area contributed by atoms with E-state index in [4.69, 9.17) is 11.6 Å². The van der Waals surface area contributed by atoms with Crippen LogP contribution in [-0.2, 0) is 16.4 Å². The molecule has 1 fully saturated rings. The summed E-state index contributed by atoms with van der Waals surface area (Å²) >= 11 is 5.70. The van der Waals surface area contributed by atoms with E-state index in [2.05, 4.69) is 10.0 Å². The highest BCUT2D eigenvalue weighted by atomic mass is 35.5. The summed E-state index contributed by atoms with van der Waals surface area (Å²) in [4.78, 5) is 14.3. The van der Waals surface area contributed by atoms with Crippen LogP contribution in [0.1, 0.15) is 24.8 Å². The number of likely N-dealkylation sites (tertiary alicyclic amines) is 1. The zero-order chi connectivity index (χ0) is 20.0. The molecule has 0 spiro atoms. The topological polar surface area (TPSA) is 78.5 Å². The number of sulfonamides is 1. The second kappa shape index (κ2) is 9.30. The lowest BCUT2D eigenvalue weighted by Crippen LogP contribution is -2.32. The van der Waals surface area contributed by atoms with Gasteiger partial charge in [0.2, 0.25) is 0 Å². The Hall–Kier alpha value is -2.25. The van der Waals surface area contributed by atoms with Crippen molar-refractivity contribution < 1.29 is 13.2 Å². The number of hydrogen-bond donors (Lipinski definition) is 2. The molecule has 150 valence electrons. The molecular weight excluding hydrogens is 398 g/mol. The summed E-state index contributed by atoms with van der Waals surface area (Å²) in [5, 5.41) is 2.81. The maximum absolute atomic E-state index is 12.8. The second-order valence-electron chi connectivity index (χ2n) is 6.71. The molecule has 0 radical (unpaired) electrons. The smallest absolute Gasteiger partial charge is 0.321 e. The predicted molar refractivity (Wildman–Crippen MR) is 113 cm³/mol. The number of urea groups is 1. The van der Waals surface area contributed by atoms with Gasteiger partial charge in [-0.2, -0.15) is 0 Å². The van der Waals surface area contributed by atoms with Gasteiger partial charge in [-0.05, 0) is 55.5 Å². The molecule has 2 aromatic rings. The lowest BCUT2D eigenvalue weighted by Gasteiger charge is -2.18. The molecule has 28 heavy (non-hydrogen) atoms. The minimum Gasteiger partial charge on any atom is -0.325 e. The van der Waals surface area contributed by atoms with E-state index < -0.39 is 10.0 Å². The van der Waals surface area contributed by atoms with Crippen LogP contribution >= 0.6 is 11.6 Å². The lowest BCUT2D eigenvalue weighted by molar-refractivity contribution is 0.222. The number of halogens is 1. The van der Waals surface area contributed by atoms with Crippen molar-refractivity contribution in [3.63, 3.8) is 0 Å². The Bertz CT molecular complexity index is 911. The van der Waals surface area contributed by atoms with Gasteiger partial charge in [-0.3, -0.25) is 4.72 Å². The Morgan fingerprint density at radius 3 is 2.29 bits per heavy atom. The van der Waals surface area contributed by atoms with Crippen molar-refractivity contribution in [2.75, 3.05) is 29.0 Å². The first-order valence-corrected chi connectivity index (χ1v) is 11.3. The average molecular weight is 422 g/mol. The van der Waals surface area contributed by atoms with Gasteiger partial charge in [-0.25, -0.2) is 13.2 Å². The number of carbonyl (C=O) groups is 1. The highest BCUT2D eigenvalue weighted by Crippen LogP contribution is 2.25. The van der Waals surface area contributed by atoms with Crippen LogP contribution in [0, 0.1) is 0 Å². The van der Waals surface area contributed by atoms with E-state index in [-0.39, 0.29) is 10.9 Å². The number of alkyl halides is 1. The van der Waals surface area contributed by atoms with Gasteiger partial charge in [0, 0.05) is 19.0 Å². The van der Waals surface area contributed by atoms with Crippen LogP contribution < -0.4 is 10.0 Å². The van der Waals surface area contributed by atoms with Gasteiger partial charge in [0.05, 0.1) is 16.3 Å². The SMILES string of the molecule is O=C(Nc1ccccc1NS(=O)(=O)c1ccc(CCCCl)cc1)N1CCCC1. The fraction of sp³-hybridized carbons (Fsp3) is 0.350. The first-order valence-electron chi connectivity index (χ1n) is 9.32. The standard InChI is InChI=1S/C20H24ClN3O3S/c21-13-5-6-16-9-11-17(12-10-16)28(26,27)23-19-8-2-1-7-18(19)22-20(25)24-14-3-4-15-24/h1-2,7-12,23H,3-6,13-15H2,(H,22,25). The Morgan fingerprint density at radius 1 is 1.00 bits per heavy atom. The molecule has 1 saturated heterocycles. The van der Waals surface area contributed by atoms with E-state index >= 15 is 0 Å². The Balaban J connectivity index is 1.74. The Kier molecular flexibility index (Phi) is 6.80. The van der Waals surface area contributed by atoms with E-state index in [0.717, 1.165) is 44.3 Å². The molecule has 0 aromatic heterocycles. The van der Waals surface area contributed by atoms with Gasteiger partial charge in [-0.1, -0.05) is 24.3 Å². The highest BCUT2D eigenvalue weighted by Gasteiger charge is 2.20. The molecule has 0 aliphatic carbocycles. The van der Waals surface area contributed by atoms with Gasteiger partial charge in [-0.15, -0.1) is 11.6 Å². The summed E-state index contributed by atoms with van der Waals surface area (Å²) in [6.45, 7) is 1.44. The summed E-state index contributed by atoms with van der Waals surface area (Å²) in [5.41, 5.74) is 1.81. The van der Waals surface area contributed by atoms with E-state index in [1.165, 1.54) is 0 Å². The third-order valence-corrected chi connectivity index (χ3v) is 6.29.